The van der Waals surface area contributed by atoms with Crippen molar-refractivity contribution in [3.8, 4) is 11.1 Å². The van der Waals surface area contributed by atoms with E-state index in [4.69, 9.17) is 14.2 Å². The van der Waals surface area contributed by atoms with Gasteiger partial charge in [0.05, 0.1) is 18.8 Å². The molecule has 2 heterocycles. The molecular weight excluding hydrogens is 562 g/mol. The van der Waals surface area contributed by atoms with Crippen LogP contribution in [0.2, 0.25) is 0 Å². The van der Waals surface area contributed by atoms with Crippen molar-refractivity contribution in [2.75, 3.05) is 12.4 Å². The van der Waals surface area contributed by atoms with Crippen LogP contribution in [-0.4, -0.2) is 39.2 Å². The quantitative estimate of drug-likeness (QED) is 0.149. The van der Waals surface area contributed by atoms with Crippen LogP contribution in [0.5, 0.6) is 0 Å². The molecule has 3 aromatic carbocycles. The summed E-state index contributed by atoms with van der Waals surface area (Å²) in [4.78, 5) is 16.3. The Kier molecular flexibility index (Phi) is 10.3. The van der Waals surface area contributed by atoms with Gasteiger partial charge in [0.25, 0.3) is 0 Å². The third-order valence-corrected chi connectivity index (χ3v) is 8.64. The Morgan fingerprint density at radius 2 is 1.84 bits per heavy atom. The lowest BCUT2D eigenvalue weighted by atomic mass is 9.91. The minimum Gasteiger partial charge on any atom is -0.445 e. The number of ether oxygens (including phenoxy) is 3. The molecule has 4 atom stereocenters. The molecule has 1 saturated heterocycles. The minimum absolute atomic E-state index is 0.00403. The van der Waals surface area contributed by atoms with E-state index in [0.29, 0.717) is 6.54 Å². The van der Waals surface area contributed by atoms with E-state index < -0.39 is 12.4 Å². The molecule has 1 fully saturated rings. The molecule has 5 rings (SSSR count). The van der Waals surface area contributed by atoms with Crippen LogP contribution in [0.4, 0.5) is 4.79 Å². The smallest absolute Gasteiger partial charge is 0.407 e. The molecule has 224 valence electrons. The summed E-state index contributed by atoms with van der Waals surface area (Å²) in [5.74, 6) is 0.825. The van der Waals surface area contributed by atoms with Crippen molar-refractivity contribution in [1.29, 1.82) is 0 Å². The number of hydrogen-bond acceptors (Lipinski definition) is 7. The Morgan fingerprint density at radius 3 is 2.53 bits per heavy atom. The zero-order valence-corrected chi connectivity index (χ0v) is 25.2. The van der Waals surface area contributed by atoms with Crippen LogP contribution in [0.1, 0.15) is 41.6 Å². The number of alkyl carbamates (subject to hydrolysis) is 1. The molecule has 0 unspecified atom stereocenters. The molecule has 9 heteroatoms. The first-order valence-corrected chi connectivity index (χ1v) is 15.2. The van der Waals surface area contributed by atoms with Crippen molar-refractivity contribution in [2.45, 2.75) is 43.7 Å². The maximum Gasteiger partial charge on any atom is 0.407 e. The maximum atomic E-state index is 11.8. The molecule has 1 aliphatic rings. The molecule has 1 aromatic heterocycles. The zero-order valence-electron chi connectivity index (χ0n) is 24.4. The number of thioether (sulfide) groups is 1. The van der Waals surface area contributed by atoms with Crippen LogP contribution in [0.25, 0.3) is 11.1 Å². The van der Waals surface area contributed by atoms with Gasteiger partial charge in [-0.25, -0.2) is 9.78 Å². The summed E-state index contributed by atoms with van der Waals surface area (Å²) in [6.45, 7) is 6.25. The molecule has 1 amide bonds. The summed E-state index contributed by atoms with van der Waals surface area (Å²) in [6, 6.07) is 24.2. The molecule has 4 aromatic rings. The van der Waals surface area contributed by atoms with Crippen LogP contribution >= 0.6 is 11.8 Å². The Morgan fingerprint density at radius 1 is 1.07 bits per heavy atom. The minimum atomic E-state index is -0.545. The normalized spacial score (nSPS) is 20.0. The second kappa shape index (κ2) is 14.5. The number of imidazole rings is 1. The lowest BCUT2D eigenvalue weighted by molar-refractivity contribution is -0.268. The number of nitrogens with zero attached hydrogens (tertiary/aromatic N) is 2. The third-order valence-electron chi connectivity index (χ3n) is 7.49. The average Bonchev–Trinajstić information content (AvgIpc) is 3.46. The van der Waals surface area contributed by atoms with Gasteiger partial charge in [-0.15, -0.1) is 0 Å². The average molecular weight is 600 g/mol. The van der Waals surface area contributed by atoms with E-state index in [0.717, 1.165) is 44.3 Å². The van der Waals surface area contributed by atoms with E-state index in [2.05, 4.69) is 42.0 Å². The first-order valence-electron chi connectivity index (χ1n) is 14.3. The molecule has 8 nitrogen and oxygen atoms in total. The molecule has 0 saturated carbocycles. The van der Waals surface area contributed by atoms with Crippen molar-refractivity contribution in [3.63, 3.8) is 0 Å². The number of aryl methyl sites for hydroxylation is 1. The number of amides is 1. The second-order valence-corrected chi connectivity index (χ2v) is 11.5. The summed E-state index contributed by atoms with van der Waals surface area (Å²) in [5.41, 5.74) is 5.90. The number of hydrogen-bond donors (Lipinski definition) is 2. The topological polar surface area (TPSA) is 94.8 Å². The number of aromatic nitrogens is 2. The first kappa shape index (κ1) is 30.6. The van der Waals surface area contributed by atoms with Gasteiger partial charge in [0.2, 0.25) is 0 Å². The summed E-state index contributed by atoms with van der Waals surface area (Å²) in [5, 5.41) is 13.2. The predicted octanol–water partition coefficient (Wildman–Crippen LogP) is 6.58. The molecule has 2 N–H and O–H groups in total. The Labute approximate surface area is 256 Å². The van der Waals surface area contributed by atoms with E-state index in [1.807, 2.05) is 72.4 Å². The van der Waals surface area contributed by atoms with E-state index in [9.17, 15) is 9.90 Å². The highest BCUT2D eigenvalue weighted by Gasteiger charge is 2.38. The van der Waals surface area contributed by atoms with Crippen LogP contribution in [-0.2, 0) is 34.4 Å². The number of carbonyl (C=O) groups is 1. The van der Waals surface area contributed by atoms with Gasteiger partial charge in [-0.2, -0.15) is 0 Å². The van der Waals surface area contributed by atoms with Crippen molar-refractivity contribution in [3.05, 3.63) is 120 Å². The van der Waals surface area contributed by atoms with Gasteiger partial charge in [0.15, 0.2) is 11.4 Å². The Hall–Kier alpha value is -3.89. The van der Waals surface area contributed by atoms with Crippen molar-refractivity contribution < 1.29 is 24.1 Å². The highest BCUT2D eigenvalue weighted by Crippen LogP contribution is 2.43. The predicted molar refractivity (Wildman–Crippen MR) is 167 cm³/mol. The van der Waals surface area contributed by atoms with E-state index >= 15 is 0 Å². The fourth-order valence-corrected chi connectivity index (χ4v) is 6.11. The van der Waals surface area contributed by atoms with Crippen molar-refractivity contribution in [2.24, 2.45) is 13.0 Å². The number of rotatable bonds is 11. The number of carbonyl (C=O) groups excluding carboxylic acids is 1. The zero-order chi connectivity index (χ0) is 30.2. The number of benzene rings is 3. The molecule has 0 aliphatic carbocycles. The lowest BCUT2D eigenvalue weighted by Gasteiger charge is -2.41. The van der Waals surface area contributed by atoms with Gasteiger partial charge in [-0.3, -0.25) is 0 Å². The van der Waals surface area contributed by atoms with Crippen molar-refractivity contribution >= 4 is 17.9 Å². The molecule has 1 aliphatic heterocycles. The van der Waals surface area contributed by atoms with Gasteiger partial charge in [0.1, 0.15) is 6.61 Å². The fraction of sp³-hybridized carbons (Fsp3) is 0.294. The van der Waals surface area contributed by atoms with Crippen molar-refractivity contribution in [1.82, 2.24) is 14.9 Å². The largest absolute Gasteiger partial charge is 0.445 e. The summed E-state index contributed by atoms with van der Waals surface area (Å²) in [6.07, 6.45) is 4.00. The summed E-state index contributed by atoms with van der Waals surface area (Å²) < 4.78 is 20.2. The fourth-order valence-electron chi connectivity index (χ4n) is 5.01. The number of aliphatic hydroxyl groups is 1. The first-order chi connectivity index (χ1) is 20.9. The monoisotopic (exact) mass is 599 g/mol. The molecule has 0 bridgehead atoms. The van der Waals surface area contributed by atoms with Gasteiger partial charge in [-0.1, -0.05) is 98.1 Å². The van der Waals surface area contributed by atoms with Crippen LogP contribution in [0.3, 0.4) is 0 Å². The maximum absolute atomic E-state index is 11.8. The number of nitrogens with one attached hydrogen (secondary N) is 1. The van der Waals surface area contributed by atoms with E-state index in [-0.39, 0.29) is 31.3 Å². The SMILES string of the molecule is C=CCOC(=O)NCc1cccc(-c2ccc([C@@H]3O[C@H](CSc4nccn4C)[C@H](C)[C@H](c4ccc(CO)cc4)O3)cc2)c1. The second-order valence-electron chi connectivity index (χ2n) is 10.5. The van der Waals surface area contributed by atoms with Crippen LogP contribution < -0.4 is 5.32 Å². The van der Waals surface area contributed by atoms with Crippen LogP contribution in [0.15, 0.2) is 103 Å². The Balaban J connectivity index is 1.32. The lowest BCUT2D eigenvalue weighted by Crippen LogP contribution is -2.38. The third kappa shape index (κ3) is 7.74. The van der Waals surface area contributed by atoms with E-state index in [1.165, 1.54) is 6.08 Å². The molecule has 43 heavy (non-hydrogen) atoms. The standard InChI is InChI=1S/C34H37N3O5S/c1-4-18-40-34(39)36-20-25-6-5-7-29(19-25)26-12-14-28(15-13-26)32-41-30(22-43-33-35-16-17-37(33)3)23(2)31(42-32)27-10-8-24(21-38)9-11-27/h4-17,19,23,30-32,38H,1,18,20-22H2,2-3H3,(H,36,39)/t23-,30+,31+,32+/m0/s1. The van der Waals surface area contributed by atoms with Gasteiger partial charge in [0, 0.05) is 43.2 Å². The van der Waals surface area contributed by atoms with Gasteiger partial charge < -0.3 is 29.2 Å². The Bertz CT molecular complexity index is 1510. The summed E-state index contributed by atoms with van der Waals surface area (Å²) >= 11 is 1.67. The van der Waals surface area contributed by atoms with Gasteiger partial charge >= 0.3 is 6.09 Å². The van der Waals surface area contributed by atoms with Gasteiger partial charge in [-0.05, 0) is 33.9 Å². The molecular formula is C34H37N3O5S. The summed E-state index contributed by atoms with van der Waals surface area (Å²) in [7, 11) is 1.99. The molecule has 0 spiro atoms. The number of aliphatic hydroxyl groups excluding tert-OH is 1. The van der Waals surface area contributed by atoms with Crippen LogP contribution in [0, 0.1) is 5.92 Å². The van der Waals surface area contributed by atoms with E-state index in [1.54, 1.807) is 18.0 Å². The highest BCUT2D eigenvalue weighted by atomic mass is 32.2. The molecule has 0 radical (unpaired) electrons. The highest BCUT2D eigenvalue weighted by molar-refractivity contribution is 7.99.